The highest BCUT2D eigenvalue weighted by Crippen LogP contribution is 2.17. The van der Waals surface area contributed by atoms with E-state index in [-0.39, 0.29) is 0 Å². The summed E-state index contributed by atoms with van der Waals surface area (Å²) in [6.07, 6.45) is 2.92. The first-order chi connectivity index (χ1) is 6.99. The smallest absolute Gasteiger partial charge is 0.191 e. The summed E-state index contributed by atoms with van der Waals surface area (Å²) in [5.74, 6) is 0.877. The van der Waals surface area contributed by atoms with Crippen molar-refractivity contribution in [2.75, 3.05) is 19.6 Å². The van der Waals surface area contributed by atoms with Crippen molar-refractivity contribution in [1.82, 2.24) is 10.6 Å². The molecule has 0 aromatic carbocycles. The molecular formula is C12H25N3. The van der Waals surface area contributed by atoms with Crippen LogP contribution in [0.1, 0.15) is 34.1 Å². The number of hydrogen-bond acceptors (Lipinski definition) is 1. The Bertz CT molecular complexity index is 201. The lowest BCUT2D eigenvalue weighted by Gasteiger charge is -2.17. The van der Waals surface area contributed by atoms with Gasteiger partial charge in [0.2, 0.25) is 0 Å². The second kappa shape index (κ2) is 7.32. The molecule has 88 valence electrons. The van der Waals surface area contributed by atoms with Gasteiger partial charge in [0.25, 0.3) is 0 Å². The van der Waals surface area contributed by atoms with Gasteiger partial charge in [-0.05, 0) is 18.8 Å². The minimum Gasteiger partial charge on any atom is -0.357 e. The predicted molar refractivity (Wildman–Crippen MR) is 68.3 cm³/mol. The molecule has 0 amide bonds. The summed E-state index contributed by atoms with van der Waals surface area (Å²) >= 11 is 0. The van der Waals surface area contributed by atoms with Gasteiger partial charge in [-0.3, -0.25) is 4.99 Å². The predicted octanol–water partition coefficient (Wildman–Crippen LogP) is 2.16. The maximum absolute atomic E-state index is 4.48. The van der Waals surface area contributed by atoms with E-state index in [2.05, 4.69) is 49.9 Å². The van der Waals surface area contributed by atoms with Crippen LogP contribution in [0.3, 0.4) is 0 Å². The topological polar surface area (TPSA) is 36.4 Å². The van der Waals surface area contributed by atoms with Gasteiger partial charge in [0.05, 0.1) is 0 Å². The first-order valence-electron chi connectivity index (χ1n) is 5.62. The van der Waals surface area contributed by atoms with E-state index in [1.54, 1.807) is 0 Å². The Morgan fingerprint density at radius 1 is 1.33 bits per heavy atom. The Labute approximate surface area is 94.1 Å². The average Bonchev–Trinajstić information content (AvgIpc) is 2.12. The highest BCUT2D eigenvalue weighted by atomic mass is 15.2. The third kappa shape index (κ3) is 9.32. The SMILES string of the molecule is C=CCNC(=NCCC(C)(C)C)NCC. The molecule has 2 N–H and O–H groups in total. The number of hydrogen-bond donors (Lipinski definition) is 2. The van der Waals surface area contributed by atoms with E-state index >= 15 is 0 Å². The summed E-state index contributed by atoms with van der Waals surface area (Å²) in [6.45, 7) is 14.9. The van der Waals surface area contributed by atoms with Crippen LogP contribution in [0.2, 0.25) is 0 Å². The second-order valence-electron chi connectivity index (χ2n) is 4.74. The van der Waals surface area contributed by atoms with E-state index in [1.165, 1.54) is 0 Å². The van der Waals surface area contributed by atoms with Crippen LogP contribution >= 0.6 is 0 Å². The summed E-state index contributed by atoms with van der Waals surface area (Å²) in [7, 11) is 0. The van der Waals surface area contributed by atoms with Crippen LogP contribution in [0, 0.1) is 5.41 Å². The first kappa shape index (κ1) is 14.0. The van der Waals surface area contributed by atoms with E-state index in [9.17, 15) is 0 Å². The van der Waals surface area contributed by atoms with Crippen LogP contribution in [0.5, 0.6) is 0 Å². The number of guanidine groups is 1. The fourth-order valence-electron chi connectivity index (χ4n) is 1.01. The largest absolute Gasteiger partial charge is 0.357 e. The van der Waals surface area contributed by atoms with Crippen molar-refractivity contribution in [3.63, 3.8) is 0 Å². The zero-order valence-corrected chi connectivity index (χ0v) is 10.6. The minimum atomic E-state index is 0.346. The van der Waals surface area contributed by atoms with Crippen LogP contribution in [0.15, 0.2) is 17.6 Å². The molecule has 0 unspecified atom stereocenters. The number of rotatable bonds is 5. The Hall–Kier alpha value is -0.990. The van der Waals surface area contributed by atoms with Crippen LogP contribution in [-0.4, -0.2) is 25.6 Å². The monoisotopic (exact) mass is 211 g/mol. The molecule has 0 saturated heterocycles. The van der Waals surface area contributed by atoms with Crippen LogP contribution < -0.4 is 10.6 Å². The third-order valence-electron chi connectivity index (χ3n) is 1.89. The molecular weight excluding hydrogens is 186 g/mol. The van der Waals surface area contributed by atoms with Gasteiger partial charge >= 0.3 is 0 Å². The van der Waals surface area contributed by atoms with Crippen molar-refractivity contribution in [2.45, 2.75) is 34.1 Å². The molecule has 0 aliphatic carbocycles. The minimum absolute atomic E-state index is 0.346. The number of aliphatic imine (C=N–C) groups is 1. The van der Waals surface area contributed by atoms with E-state index in [0.29, 0.717) is 5.41 Å². The summed E-state index contributed by atoms with van der Waals surface area (Å²) < 4.78 is 0. The van der Waals surface area contributed by atoms with Crippen molar-refractivity contribution in [3.05, 3.63) is 12.7 Å². The molecule has 3 nitrogen and oxygen atoms in total. The number of nitrogens with zero attached hydrogens (tertiary/aromatic N) is 1. The van der Waals surface area contributed by atoms with Gasteiger partial charge in [0.15, 0.2) is 5.96 Å². The van der Waals surface area contributed by atoms with Crippen molar-refractivity contribution in [2.24, 2.45) is 10.4 Å². The fourth-order valence-corrected chi connectivity index (χ4v) is 1.01. The summed E-state index contributed by atoms with van der Waals surface area (Å²) in [5, 5.41) is 6.37. The van der Waals surface area contributed by atoms with Crippen molar-refractivity contribution >= 4 is 5.96 Å². The van der Waals surface area contributed by atoms with E-state index < -0.39 is 0 Å². The molecule has 0 aliphatic heterocycles. The maximum Gasteiger partial charge on any atom is 0.191 e. The van der Waals surface area contributed by atoms with Crippen LogP contribution in [0.25, 0.3) is 0 Å². The highest BCUT2D eigenvalue weighted by Gasteiger charge is 2.08. The molecule has 0 aliphatic rings. The van der Waals surface area contributed by atoms with Crippen molar-refractivity contribution in [3.8, 4) is 0 Å². The fraction of sp³-hybridized carbons (Fsp3) is 0.750. The van der Waals surface area contributed by atoms with Crippen LogP contribution in [0.4, 0.5) is 0 Å². The summed E-state index contributed by atoms with van der Waals surface area (Å²) in [4.78, 5) is 4.48. The molecule has 0 radical (unpaired) electrons. The lowest BCUT2D eigenvalue weighted by molar-refractivity contribution is 0.385. The highest BCUT2D eigenvalue weighted by molar-refractivity contribution is 5.79. The normalized spacial score (nSPS) is 12.4. The van der Waals surface area contributed by atoms with Crippen LogP contribution in [-0.2, 0) is 0 Å². The van der Waals surface area contributed by atoms with Gasteiger partial charge < -0.3 is 10.6 Å². The molecule has 0 saturated carbocycles. The Balaban J connectivity index is 3.98. The molecule has 3 heteroatoms. The Morgan fingerprint density at radius 3 is 2.47 bits per heavy atom. The molecule has 0 fully saturated rings. The molecule has 0 spiro atoms. The Kier molecular flexibility index (Phi) is 6.84. The molecule has 0 bridgehead atoms. The summed E-state index contributed by atoms with van der Waals surface area (Å²) in [6, 6.07) is 0. The average molecular weight is 211 g/mol. The van der Waals surface area contributed by atoms with Gasteiger partial charge in [0.1, 0.15) is 0 Å². The standard InChI is InChI=1S/C12H25N3/c1-6-9-14-11(13-7-2)15-10-8-12(3,4)5/h6H,1,7-10H2,2-5H3,(H2,13,14,15). The molecule has 0 heterocycles. The van der Waals surface area contributed by atoms with Gasteiger partial charge in [-0.15, -0.1) is 6.58 Å². The molecule has 0 atom stereocenters. The molecule has 0 rings (SSSR count). The van der Waals surface area contributed by atoms with E-state index in [0.717, 1.165) is 32.0 Å². The quantitative estimate of drug-likeness (QED) is 0.415. The van der Waals surface area contributed by atoms with Crippen molar-refractivity contribution in [1.29, 1.82) is 0 Å². The zero-order chi connectivity index (χ0) is 11.7. The lowest BCUT2D eigenvalue weighted by atomic mass is 9.93. The summed E-state index contributed by atoms with van der Waals surface area (Å²) in [5.41, 5.74) is 0.346. The van der Waals surface area contributed by atoms with Gasteiger partial charge in [0, 0.05) is 19.6 Å². The van der Waals surface area contributed by atoms with E-state index in [4.69, 9.17) is 0 Å². The zero-order valence-electron chi connectivity index (χ0n) is 10.6. The maximum atomic E-state index is 4.48. The third-order valence-corrected chi connectivity index (χ3v) is 1.89. The Morgan fingerprint density at radius 2 is 2.00 bits per heavy atom. The molecule has 0 aromatic heterocycles. The first-order valence-corrected chi connectivity index (χ1v) is 5.62. The number of nitrogens with one attached hydrogen (secondary N) is 2. The lowest BCUT2D eigenvalue weighted by Crippen LogP contribution is -2.37. The molecule has 15 heavy (non-hydrogen) atoms. The van der Waals surface area contributed by atoms with E-state index in [1.807, 2.05) is 6.08 Å². The second-order valence-corrected chi connectivity index (χ2v) is 4.74. The van der Waals surface area contributed by atoms with Gasteiger partial charge in [-0.1, -0.05) is 26.8 Å². The van der Waals surface area contributed by atoms with Gasteiger partial charge in [-0.25, -0.2) is 0 Å². The molecule has 0 aromatic rings. The van der Waals surface area contributed by atoms with Gasteiger partial charge in [-0.2, -0.15) is 0 Å². The van der Waals surface area contributed by atoms with Crippen molar-refractivity contribution < 1.29 is 0 Å².